The number of halogens is 1. The summed E-state index contributed by atoms with van der Waals surface area (Å²) in [4.78, 5) is 30.8. The number of benzene rings is 3. The summed E-state index contributed by atoms with van der Waals surface area (Å²) in [6.45, 7) is 3.75. The first kappa shape index (κ1) is 26.9. The number of nitrogens with zero attached hydrogens (tertiary/aromatic N) is 2. The van der Waals surface area contributed by atoms with Gasteiger partial charge >= 0.3 is 0 Å². The van der Waals surface area contributed by atoms with E-state index in [1.807, 2.05) is 49.4 Å². The molecule has 1 heterocycles. The molecule has 2 amide bonds. The van der Waals surface area contributed by atoms with Crippen molar-refractivity contribution in [3.05, 3.63) is 106 Å². The van der Waals surface area contributed by atoms with Crippen molar-refractivity contribution in [1.82, 2.24) is 4.98 Å². The summed E-state index contributed by atoms with van der Waals surface area (Å²) in [5.41, 5.74) is 4.49. The summed E-state index contributed by atoms with van der Waals surface area (Å²) in [6.07, 6.45) is 0.792. The zero-order valence-electron chi connectivity index (χ0n) is 20.9. The molecule has 0 spiro atoms. The topological polar surface area (TPSA) is 94.9 Å². The van der Waals surface area contributed by atoms with Gasteiger partial charge in [0.2, 0.25) is 5.91 Å². The Morgan fingerprint density at radius 1 is 0.974 bits per heavy atom. The van der Waals surface area contributed by atoms with Crippen molar-refractivity contribution in [2.75, 3.05) is 16.4 Å². The normalized spacial score (nSPS) is 10.5. The van der Waals surface area contributed by atoms with Crippen LogP contribution in [0.15, 0.2) is 83.9 Å². The molecule has 8 heteroatoms. The molecular weight excluding hydrogens is 516 g/mol. The van der Waals surface area contributed by atoms with E-state index in [1.165, 1.54) is 0 Å². The third kappa shape index (κ3) is 6.23. The molecule has 0 atom stereocenters. The van der Waals surface area contributed by atoms with Crippen LogP contribution >= 0.6 is 23.4 Å². The number of anilines is 2. The number of aryl methyl sites for hydroxylation is 2. The standard InChI is InChI=1S/C30H25ClN4O2S/c1-3-20-9-7-8-12-25(20)35-26(36)18-38-30-24(17-32)28(21-13-15-22(31)16-14-21)27(19(2)33-30)29(37)34-23-10-5-4-6-11-23/h4-16H,3,18H2,1-2H3,(H,34,37)(H,35,36). The second-order valence-corrected chi connectivity index (χ2v) is 9.81. The van der Waals surface area contributed by atoms with Crippen LogP contribution in [0.5, 0.6) is 0 Å². The van der Waals surface area contributed by atoms with E-state index in [2.05, 4.69) is 21.7 Å². The van der Waals surface area contributed by atoms with E-state index < -0.39 is 0 Å². The predicted octanol–water partition coefficient (Wildman–Crippen LogP) is 7.13. The third-order valence-electron chi connectivity index (χ3n) is 5.86. The minimum Gasteiger partial charge on any atom is -0.325 e. The molecule has 0 aliphatic carbocycles. The van der Waals surface area contributed by atoms with Crippen molar-refractivity contribution >= 4 is 46.6 Å². The van der Waals surface area contributed by atoms with E-state index in [9.17, 15) is 14.9 Å². The van der Waals surface area contributed by atoms with E-state index in [0.717, 1.165) is 29.4 Å². The van der Waals surface area contributed by atoms with Crippen molar-refractivity contribution in [2.24, 2.45) is 0 Å². The first-order chi connectivity index (χ1) is 18.4. The number of nitrogens with one attached hydrogen (secondary N) is 2. The molecule has 0 fully saturated rings. The monoisotopic (exact) mass is 540 g/mol. The van der Waals surface area contributed by atoms with E-state index in [-0.39, 0.29) is 23.1 Å². The average Bonchev–Trinajstić information content (AvgIpc) is 2.92. The maximum Gasteiger partial charge on any atom is 0.258 e. The fraction of sp³-hybridized carbons (Fsp3) is 0.133. The lowest BCUT2D eigenvalue weighted by molar-refractivity contribution is -0.113. The summed E-state index contributed by atoms with van der Waals surface area (Å²) >= 11 is 7.27. The lowest BCUT2D eigenvalue weighted by atomic mass is 9.94. The highest BCUT2D eigenvalue weighted by molar-refractivity contribution is 8.00. The van der Waals surface area contributed by atoms with Gasteiger partial charge in [-0.2, -0.15) is 5.26 Å². The number of nitriles is 1. The van der Waals surface area contributed by atoms with E-state index in [4.69, 9.17) is 11.6 Å². The van der Waals surface area contributed by atoms with Gasteiger partial charge in [-0.15, -0.1) is 0 Å². The molecule has 2 N–H and O–H groups in total. The molecule has 0 saturated heterocycles. The molecule has 0 radical (unpaired) electrons. The van der Waals surface area contributed by atoms with Gasteiger partial charge in [0, 0.05) is 22.0 Å². The van der Waals surface area contributed by atoms with Gasteiger partial charge < -0.3 is 10.6 Å². The van der Waals surface area contributed by atoms with Crippen molar-refractivity contribution in [1.29, 1.82) is 5.26 Å². The van der Waals surface area contributed by atoms with Gasteiger partial charge in [0.1, 0.15) is 11.1 Å². The van der Waals surface area contributed by atoms with E-state index in [1.54, 1.807) is 43.3 Å². The first-order valence-corrected chi connectivity index (χ1v) is 13.3. The zero-order valence-corrected chi connectivity index (χ0v) is 22.5. The Balaban J connectivity index is 1.70. The molecule has 4 rings (SSSR count). The number of amides is 2. The van der Waals surface area contributed by atoms with Gasteiger partial charge in [0.25, 0.3) is 5.91 Å². The second-order valence-electron chi connectivity index (χ2n) is 8.41. The maximum absolute atomic E-state index is 13.4. The lowest BCUT2D eigenvalue weighted by Crippen LogP contribution is -2.18. The van der Waals surface area contributed by atoms with Crippen LogP contribution in [0.4, 0.5) is 11.4 Å². The molecule has 4 aromatic rings. The zero-order chi connectivity index (χ0) is 27.1. The van der Waals surface area contributed by atoms with Crippen LogP contribution < -0.4 is 10.6 Å². The van der Waals surface area contributed by atoms with Gasteiger partial charge in [-0.1, -0.05) is 78.8 Å². The van der Waals surface area contributed by atoms with Gasteiger partial charge in [0.05, 0.1) is 22.6 Å². The minimum atomic E-state index is -0.381. The predicted molar refractivity (Wildman–Crippen MR) is 154 cm³/mol. The van der Waals surface area contributed by atoms with Crippen LogP contribution in [0.2, 0.25) is 5.02 Å². The van der Waals surface area contributed by atoms with Gasteiger partial charge in [0.15, 0.2) is 0 Å². The minimum absolute atomic E-state index is 0.0504. The largest absolute Gasteiger partial charge is 0.325 e. The lowest BCUT2D eigenvalue weighted by Gasteiger charge is -2.17. The molecule has 0 saturated carbocycles. The molecule has 3 aromatic carbocycles. The smallest absolute Gasteiger partial charge is 0.258 e. The van der Waals surface area contributed by atoms with Gasteiger partial charge in [-0.05, 0) is 54.8 Å². The van der Waals surface area contributed by atoms with Crippen LogP contribution in [-0.2, 0) is 11.2 Å². The van der Waals surface area contributed by atoms with Crippen LogP contribution in [0.3, 0.4) is 0 Å². The number of hydrogen-bond donors (Lipinski definition) is 2. The Morgan fingerprint density at radius 2 is 1.66 bits per heavy atom. The second kappa shape index (κ2) is 12.4. The first-order valence-electron chi connectivity index (χ1n) is 12.0. The number of pyridine rings is 1. The number of carbonyl (C=O) groups excluding carboxylic acids is 2. The van der Waals surface area contributed by atoms with Crippen molar-refractivity contribution in [3.8, 4) is 17.2 Å². The van der Waals surface area contributed by atoms with E-state index in [0.29, 0.717) is 38.1 Å². The van der Waals surface area contributed by atoms with Crippen molar-refractivity contribution < 1.29 is 9.59 Å². The summed E-state index contributed by atoms with van der Waals surface area (Å²) in [5.74, 6) is -0.541. The highest BCUT2D eigenvalue weighted by Gasteiger charge is 2.25. The number of aromatic nitrogens is 1. The van der Waals surface area contributed by atoms with Crippen LogP contribution in [-0.4, -0.2) is 22.6 Å². The Labute approximate surface area is 231 Å². The Kier molecular flexibility index (Phi) is 8.80. The number of carbonyl (C=O) groups is 2. The van der Waals surface area contributed by atoms with Crippen LogP contribution in [0.25, 0.3) is 11.1 Å². The third-order valence-corrected chi connectivity index (χ3v) is 7.09. The summed E-state index contributed by atoms with van der Waals surface area (Å²) in [6, 6.07) is 25.9. The summed E-state index contributed by atoms with van der Waals surface area (Å²) in [7, 11) is 0. The number of thioether (sulfide) groups is 1. The molecule has 6 nitrogen and oxygen atoms in total. The quantitative estimate of drug-likeness (QED) is 0.232. The number of hydrogen-bond acceptors (Lipinski definition) is 5. The van der Waals surface area contributed by atoms with Crippen molar-refractivity contribution in [3.63, 3.8) is 0 Å². The van der Waals surface area contributed by atoms with Gasteiger partial charge in [-0.25, -0.2) is 4.98 Å². The summed E-state index contributed by atoms with van der Waals surface area (Å²) < 4.78 is 0. The van der Waals surface area contributed by atoms with Gasteiger partial charge in [-0.3, -0.25) is 9.59 Å². The maximum atomic E-state index is 13.4. The molecule has 0 aliphatic heterocycles. The molecule has 1 aromatic heterocycles. The Bertz CT molecular complexity index is 1520. The fourth-order valence-electron chi connectivity index (χ4n) is 4.05. The van der Waals surface area contributed by atoms with E-state index >= 15 is 0 Å². The van der Waals surface area contributed by atoms with Crippen molar-refractivity contribution in [2.45, 2.75) is 25.3 Å². The SMILES string of the molecule is CCc1ccccc1NC(=O)CSc1nc(C)c(C(=O)Nc2ccccc2)c(-c2ccc(Cl)cc2)c1C#N. The van der Waals surface area contributed by atoms with Crippen LogP contribution in [0.1, 0.15) is 34.1 Å². The Morgan fingerprint density at radius 3 is 2.34 bits per heavy atom. The highest BCUT2D eigenvalue weighted by Crippen LogP contribution is 2.36. The molecule has 190 valence electrons. The highest BCUT2D eigenvalue weighted by atomic mass is 35.5. The molecular formula is C30H25ClN4O2S. The molecule has 38 heavy (non-hydrogen) atoms. The molecule has 0 unspecified atom stereocenters. The number of rotatable bonds is 8. The molecule has 0 aliphatic rings. The summed E-state index contributed by atoms with van der Waals surface area (Å²) in [5, 5.41) is 17.0. The average molecular weight is 541 g/mol. The number of para-hydroxylation sites is 2. The van der Waals surface area contributed by atoms with Crippen LogP contribution in [0, 0.1) is 18.3 Å². The fourth-order valence-corrected chi connectivity index (χ4v) is 5.01. The Hall–Kier alpha value is -4.12. The molecule has 0 bridgehead atoms.